The molecule has 0 atom stereocenters. The van der Waals surface area contributed by atoms with Gasteiger partial charge in [0.2, 0.25) is 5.95 Å². The van der Waals surface area contributed by atoms with Crippen molar-refractivity contribution in [3.63, 3.8) is 0 Å². The lowest BCUT2D eigenvalue weighted by Gasteiger charge is -2.09. The molecule has 0 amide bonds. The minimum Gasteiger partial charge on any atom is -0.488 e. The second kappa shape index (κ2) is 6.79. The van der Waals surface area contributed by atoms with Crippen molar-refractivity contribution in [2.24, 2.45) is 0 Å². The summed E-state index contributed by atoms with van der Waals surface area (Å²) < 4.78 is 41.9. The van der Waals surface area contributed by atoms with Gasteiger partial charge in [0.15, 0.2) is 0 Å². The molecule has 106 valence electrons. The molecule has 0 fully saturated rings. The van der Waals surface area contributed by atoms with Crippen LogP contribution in [0.4, 0.5) is 19.0 Å². The molecule has 0 radical (unpaired) electrons. The molecule has 1 aromatic heterocycles. The zero-order valence-electron chi connectivity index (χ0n) is 10.5. The van der Waals surface area contributed by atoms with E-state index in [4.69, 9.17) is 4.74 Å². The Morgan fingerprint density at radius 3 is 2.70 bits per heavy atom. The number of hydrogen-bond donors (Lipinski definition) is 1. The summed E-state index contributed by atoms with van der Waals surface area (Å²) in [5.74, 6) is 0.213. The second-order valence-electron chi connectivity index (χ2n) is 4.05. The highest BCUT2D eigenvalue weighted by Gasteiger charge is 2.04. The monoisotopic (exact) mass is 282 g/mol. The standard InChI is InChI=1S/C14H13F3N2O/c15-12(16)9-20-11-4-1-3-10(7-11)8-18-14-6-2-5-13(17)19-14/h1-7,12H,8-9H2,(H,18,19). The molecule has 0 saturated carbocycles. The summed E-state index contributed by atoms with van der Waals surface area (Å²) in [6.45, 7) is -0.245. The van der Waals surface area contributed by atoms with Crippen LogP contribution in [-0.4, -0.2) is 18.0 Å². The SMILES string of the molecule is Fc1cccc(NCc2cccc(OCC(F)F)c2)n1. The summed E-state index contributed by atoms with van der Waals surface area (Å²) in [6, 6.07) is 11.2. The van der Waals surface area contributed by atoms with Crippen LogP contribution in [-0.2, 0) is 6.54 Å². The molecular formula is C14H13F3N2O. The Bertz CT molecular complexity index is 564. The fraction of sp³-hybridized carbons (Fsp3) is 0.214. The Morgan fingerprint density at radius 1 is 1.15 bits per heavy atom. The number of hydrogen-bond acceptors (Lipinski definition) is 3. The van der Waals surface area contributed by atoms with E-state index in [0.29, 0.717) is 18.1 Å². The zero-order valence-corrected chi connectivity index (χ0v) is 10.5. The van der Waals surface area contributed by atoms with Crippen molar-refractivity contribution in [2.45, 2.75) is 13.0 Å². The molecule has 0 unspecified atom stereocenters. The second-order valence-corrected chi connectivity index (χ2v) is 4.05. The molecule has 0 aliphatic carbocycles. The molecular weight excluding hydrogens is 269 g/mol. The molecule has 20 heavy (non-hydrogen) atoms. The maximum atomic E-state index is 12.9. The Balaban J connectivity index is 1.94. The van der Waals surface area contributed by atoms with E-state index in [-0.39, 0.29) is 0 Å². The Labute approximate surface area is 114 Å². The van der Waals surface area contributed by atoms with E-state index in [2.05, 4.69) is 10.3 Å². The molecule has 6 heteroatoms. The lowest BCUT2D eigenvalue weighted by molar-refractivity contribution is 0.0818. The van der Waals surface area contributed by atoms with Crippen LogP contribution >= 0.6 is 0 Å². The molecule has 2 rings (SSSR count). The Hall–Kier alpha value is -2.24. The van der Waals surface area contributed by atoms with Crippen LogP contribution in [0, 0.1) is 5.95 Å². The molecule has 1 aromatic carbocycles. The third-order valence-electron chi connectivity index (χ3n) is 2.46. The minimum absolute atomic E-state index is 0.372. The van der Waals surface area contributed by atoms with Crippen molar-refractivity contribution in [3.8, 4) is 5.75 Å². The third kappa shape index (κ3) is 4.46. The highest BCUT2D eigenvalue weighted by Crippen LogP contribution is 2.15. The highest BCUT2D eigenvalue weighted by molar-refractivity contribution is 5.36. The van der Waals surface area contributed by atoms with Crippen LogP contribution in [0.1, 0.15) is 5.56 Å². The van der Waals surface area contributed by atoms with Gasteiger partial charge in [0.05, 0.1) is 0 Å². The maximum Gasteiger partial charge on any atom is 0.272 e. The number of pyridine rings is 1. The smallest absolute Gasteiger partial charge is 0.272 e. The molecule has 0 bridgehead atoms. The van der Waals surface area contributed by atoms with Gasteiger partial charge in [-0.05, 0) is 29.8 Å². The molecule has 0 spiro atoms. The Kier molecular flexibility index (Phi) is 4.81. The summed E-state index contributed by atoms with van der Waals surface area (Å²) in [5.41, 5.74) is 0.822. The fourth-order valence-corrected chi connectivity index (χ4v) is 1.60. The average Bonchev–Trinajstić information content (AvgIpc) is 2.43. The van der Waals surface area contributed by atoms with Crippen molar-refractivity contribution >= 4 is 5.82 Å². The quantitative estimate of drug-likeness (QED) is 0.824. The summed E-state index contributed by atoms with van der Waals surface area (Å²) >= 11 is 0. The van der Waals surface area contributed by atoms with Crippen molar-refractivity contribution in [1.29, 1.82) is 0 Å². The first-order chi connectivity index (χ1) is 9.63. The van der Waals surface area contributed by atoms with E-state index in [1.54, 1.807) is 30.3 Å². The van der Waals surface area contributed by atoms with Crippen molar-refractivity contribution in [1.82, 2.24) is 4.98 Å². The summed E-state index contributed by atoms with van der Waals surface area (Å²) in [7, 11) is 0. The van der Waals surface area contributed by atoms with Crippen LogP contribution in [0.15, 0.2) is 42.5 Å². The number of nitrogens with zero attached hydrogens (tertiary/aromatic N) is 1. The number of anilines is 1. The third-order valence-corrected chi connectivity index (χ3v) is 2.46. The number of nitrogens with one attached hydrogen (secondary N) is 1. The van der Waals surface area contributed by atoms with E-state index >= 15 is 0 Å². The predicted molar refractivity (Wildman–Crippen MR) is 69.5 cm³/mol. The van der Waals surface area contributed by atoms with E-state index in [9.17, 15) is 13.2 Å². The molecule has 0 aliphatic rings. The zero-order chi connectivity index (χ0) is 14.4. The van der Waals surface area contributed by atoms with Crippen LogP contribution in [0.5, 0.6) is 5.75 Å². The fourth-order valence-electron chi connectivity index (χ4n) is 1.60. The van der Waals surface area contributed by atoms with E-state index < -0.39 is 19.0 Å². The van der Waals surface area contributed by atoms with Gasteiger partial charge < -0.3 is 10.1 Å². The van der Waals surface area contributed by atoms with Gasteiger partial charge in [0.25, 0.3) is 6.43 Å². The summed E-state index contributed by atoms with van der Waals surface area (Å²) in [5, 5.41) is 2.94. The summed E-state index contributed by atoms with van der Waals surface area (Å²) in [6.07, 6.45) is -2.51. The number of aromatic nitrogens is 1. The minimum atomic E-state index is -2.51. The van der Waals surface area contributed by atoms with Gasteiger partial charge >= 0.3 is 0 Å². The lowest BCUT2D eigenvalue weighted by atomic mass is 10.2. The lowest BCUT2D eigenvalue weighted by Crippen LogP contribution is -2.07. The predicted octanol–water partition coefficient (Wildman–Crippen LogP) is 3.48. The number of halogens is 3. The van der Waals surface area contributed by atoms with Crippen LogP contribution in [0.25, 0.3) is 0 Å². The number of ether oxygens (including phenoxy) is 1. The first-order valence-corrected chi connectivity index (χ1v) is 6.00. The molecule has 3 nitrogen and oxygen atoms in total. The van der Waals surface area contributed by atoms with Crippen LogP contribution in [0.2, 0.25) is 0 Å². The Morgan fingerprint density at radius 2 is 1.95 bits per heavy atom. The first kappa shape index (κ1) is 14.2. The van der Waals surface area contributed by atoms with Crippen molar-refractivity contribution < 1.29 is 17.9 Å². The molecule has 0 saturated heterocycles. The van der Waals surface area contributed by atoms with E-state index in [1.165, 1.54) is 6.07 Å². The number of benzene rings is 1. The van der Waals surface area contributed by atoms with Gasteiger partial charge in [-0.1, -0.05) is 18.2 Å². The van der Waals surface area contributed by atoms with Crippen molar-refractivity contribution in [3.05, 3.63) is 54.0 Å². The average molecular weight is 282 g/mol. The van der Waals surface area contributed by atoms with Gasteiger partial charge in [0, 0.05) is 6.54 Å². The van der Waals surface area contributed by atoms with E-state index in [0.717, 1.165) is 5.56 Å². The van der Waals surface area contributed by atoms with Gasteiger partial charge in [-0.2, -0.15) is 4.39 Å². The highest BCUT2D eigenvalue weighted by atomic mass is 19.3. The topological polar surface area (TPSA) is 34.1 Å². The van der Waals surface area contributed by atoms with Gasteiger partial charge in [-0.25, -0.2) is 13.8 Å². The molecule has 1 heterocycles. The van der Waals surface area contributed by atoms with Gasteiger partial charge in [-0.3, -0.25) is 0 Å². The van der Waals surface area contributed by atoms with Crippen molar-refractivity contribution in [2.75, 3.05) is 11.9 Å². The van der Waals surface area contributed by atoms with Crippen LogP contribution in [0.3, 0.4) is 0 Å². The number of rotatable bonds is 6. The van der Waals surface area contributed by atoms with Crippen LogP contribution < -0.4 is 10.1 Å². The summed E-state index contributed by atoms with van der Waals surface area (Å²) in [4.78, 5) is 3.66. The van der Waals surface area contributed by atoms with Gasteiger partial charge in [0.1, 0.15) is 18.2 Å². The largest absolute Gasteiger partial charge is 0.488 e. The maximum absolute atomic E-state index is 12.9. The normalized spacial score (nSPS) is 10.6. The molecule has 0 aliphatic heterocycles. The molecule has 1 N–H and O–H groups in total. The number of alkyl halides is 2. The molecule has 2 aromatic rings. The first-order valence-electron chi connectivity index (χ1n) is 6.00. The van der Waals surface area contributed by atoms with E-state index in [1.807, 2.05) is 6.07 Å². The van der Waals surface area contributed by atoms with Gasteiger partial charge in [-0.15, -0.1) is 0 Å².